The fourth-order valence-electron chi connectivity index (χ4n) is 7.04. The molecule has 55 heavy (non-hydrogen) atoms. The van der Waals surface area contributed by atoms with Gasteiger partial charge in [-0.2, -0.15) is 4.80 Å². The molecular weight excluding hydrogens is 675 g/mol. The van der Waals surface area contributed by atoms with Gasteiger partial charge < -0.3 is 0 Å². The van der Waals surface area contributed by atoms with Crippen LogP contribution in [0, 0.1) is 0 Å². The molecule has 0 radical (unpaired) electrons. The molecule has 0 bridgehead atoms. The Bertz CT molecular complexity index is 2960. The van der Waals surface area contributed by atoms with Gasteiger partial charge in [0.1, 0.15) is 11.0 Å². The largest absolute Gasteiger partial charge is 0.256 e. The van der Waals surface area contributed by atoms with E-state index in [1.54, 1.807) is 4.80 Å². The Labute approximate surface area is 317 Å². The third kappa shape index (κ3) is 6.30. The van der Waals surface area contributed by atoms with Crippen molar-refractivity contribution < 1.29 is 0 Å². The molecule has 5 aromatic carbocycles. The molecule has 0 amide bonds. The summed E-state index contributed by atoms with van der Waals surface area (Å²) in [7, 11) is 0. The van der Waals surface area contributed by atoms with E-state index in [0.717, 1.165) is 94.8 Å². The first-order valence-corrected chi connectivity index (χ1v) is 18.1. The molecule has 0 aliphatic rings. The molecule has 10 aromatic rings. The van der Waals surface area contributed by atoms with Crippen molar-refractivity contribution in [2.75, 3.05) is 0 Å². The SMILES string of the molecule is c1ccc(-c2ccc(-c3ccnc(-c4cc(-c5cc(-c6ccc(-c7ccccn7)cc6)ccn5)c5nn(-c6ccc7ccccc7c6)nc5c4)c3)cc2)nc1. The normalized spacial score (nSPS) is 11.3. The Morgan fingerprint density at radius 1 is 0.327 bits per heavy atom. The predicted molar refractivity (Wildman–Crippen MR) is 220 cm³/mol. The van der Waals surface area contributed by atoms with Crippen LogP contribution in [-0.2, 0) is 0 Å². The van der Waals surface area contributed by atoms with Crippen molar-refractivity contribution in [3.63, 3.8) is 0 Å². The van der Waals surface area contributed by atoms with E-state index >= 15 is 0 Å². The minimum atomic E-state index is 0.750. The van der Waals surface area contributed by atoms with Gasteiger partial charge in [0.05, 0.1) is 28.5 Å². The van der Waals surface area contributed by atoms with Crippen molar-refractivity contribution in [1.29, 1.82) is 0 Å². The highest BCUT2D eigenvalue weighted by molar-refractivity contribution is 5.95. The second-order valence-corrected chi connectivity index (χ2v) is 13.4. The van der Waals surface area contributed by atoms with Gasteiger partial charge >= 0.3 is 0 Å². The van der Waals surface area contributed by atoms with E-state index in [1.165, 1.54) is 0 Å². The zero-order chi connectivity index (χ0) is 36.6. The highest BCUT2D eigenvalue weighted by Crippen LogP contribution is 2.35. The molecule has 0 saturated carbocycles. The smallest absolute Gasteiger partial charge is 0.123 e. The van der Waals surface area contributed by atoms with Crippen LogP contribution in [0.3, 0.4) is 0 Å². The summed E-state index contributed by atoms with van der Waals surface area (Å²) in [6, 6.07) is 56.0. The Hall–Kier alpha value is -7.64. The number of fused-ring (bicyclic) bond motifs is 2. The lowest BCUT2D eigenvalue weighted by Crippen LogP contribution is -1.98. The van der Waals surface area contributed by atoms with Gasteiger partial charge in [0, 0.05) is 47.0 Å². The van der Waals surface area contributed by atoms with Crippen LogP contribution in [-0.4, -0.2) is 34.9 Å². The highest BCUT2D eigenvalue weighted by atomic mass is 15.5. The maximum atomic E-state index is 5.08. The van der Waals surface area contributed by atoms with Crippen LogP contribution in [0.15, 0.2) is 189 Å². The molecule has 0 aliphatic heterocycles. The molecule has 7 heteroatoms. The van der Waals surface area contributed by atoms with E-state index in [1.807, 2.05) is 85.5 Å². The average Bonchev–Trinajstić information content (AvgIpc) is 3.71. The van der Waals surface area contributed by atoms with Crippen molar-refractivity contribution in [2.45, 2.75) is 0 Å². The summed E-state index contributed by atoms with van der Waals surface area (Å²) < 4.78 is 0. The topological polar surface area (TPSA) is 82.3 Å². The number of rotatable bonds is 7. The van der Waals surface area contributed by atoms with Crippen LogP contribution < -0.4 is 0 Å². The molecule has 0 aliphatic carbocycles. The first-order valence-electron chi connectivity index (χ1n) is 18.1. The summed E-state index contributed by atoms with van der Waals surface area (Å²) in [4.78, 5) is 20.5. The van der Waals surface area contributed by atoms with Crippen LogP contribution >= 0.6 is 0 Å². The van der Waals surface area contributed by atoms with Gasteiger partial charge in [-0.15, -0.1) is 10.2 Å². The zero-order valence-electron chi connectivity index (χ0n) is 29.5. The molecule has 5 aromatic heterocycles. The predicted octanol–water partition coefficient (Wildman–Crippen LogP) is 11.2. The number of benzene rings is 5. The van der Waals surface area contributed by atoms with Gasteiger partial charge in [-0.25, -0.2) is 0 Å². The van der Waals surface area contributed by atoms with E-state index in [9.17, 15) is 0 Å². The molecule has 0 atom stereocenters. The van der Waals surface area contributed by atoms with Crippen molar-refractivity contribution in [1.82, 2.24) is 34.9 Å². The van der Waals surface area contributed by atoms with Crippen molar-refractivity contribution in [2.24, 2.45) is 0 Å². The molecular formula is C48H31N7. The Kier molecular flexibility index (Phi) is 8.00. The molecule has 0 saturated heterocycles. The van der Waals surface area contributed by atoms with Gasteiger partial charge in [-0.05, 0) is 106 Å². The van der Waals surface area contributed by atoms with Gasteiger partial charge in [0.2, 0.25) is 0 Å². The summed E-state index contributed by atoms with van der Waals surface area (Å²) in [5.74, 6) is 0. The molecule has 0 unspecified atom stereocenters. The first-order chi connectivity index (χ1) is 27.2. The Balaban J connectivity index is 1.07. The van der Waals surface area contributed by atoms with E-state index in [0.29, 0.717) is 0 Å². The number of hydrogen-bond donors (Lipinski definition) is 0. The van der Waals surface area contributed by atoms with Crippen LogP contribution in [0.5, 0.6) is 0 Å². The van der Waals surface area contributed by atoms with Gasteiger partial charge in [0.25, 0.3) is 0 Å². The fourth-order valence-corrected chi connectivity index (χ4v) is 7.04. The van der Waals surface area contributed by atoms with Gasteiger partial charge in [0.15, 0.2) is 0 Å². The number of pyridine rings is 4. The van der Waals surface area contributed by atoms with Crippen molar-refractivity contribution >= 4 is 21.8 Å². The summed E-state index contributed by atoms with van der Waals surface area (Å²) in [5.41, 5.74) is 14.1. The van der Waals surface area contributed by atoms with E-state index in [-0.39, 0.29) is 0 Å². The fraction of sp³-hybridized carbons (Fsp3) is 0. The van der Waals surface area contributed by atoms with Crippen LogP contribution in [0.1, 0.15) is 0 Å². The van der Waals surface area contributed by atoms with Crippen LogP contribution in [0.2, 0.25) is 0 Å². The lowest BCUT2D eigenvalue weighted by Gasteiger charge is -2.10. The summed E-state index contributed by atoms with van der Waals surface area (Å²) >= 11 is 0. The van der Waals surface area contributed by atoms with Crippen molar-refractivity contribution in [3.8, 4) is 73.0 Å². The summed E-state index contributed by atoms with van der Waals surface area (Å²) in [6.45, 7) is 0. The van der Waals surface area contributed by atoms with Crippen molar-refractivity contribution in [3.05, 3.63) is 189 Å². The van der Waals surface area contributed by atoms with E-state index in [2.05, 4.69) is 113 Å². The number of nitrogens with zero attached hydrogens (tertiary/aromatic N) is 7. The molecule has 0 N–H and O–H groups in total. The first kappa shape index (κ1) is 32.0. The number of hydrogen-bond acceptors (Lipinski definition) is 6. The van der Waals surface area contributed by atoms with Crippen LogP contribution in [0.25, 0.3) is 94.8 Å². The van der Waals surface area contributed by atoms with Gasteiger partial charge in [-0.3, -0.25) is 19.9 Å². The second-order valence-electron chi connectivity index (χ2n) is 13.4. The third-order valence-corrected chi connectivity index (χ3v) is 9.90. The molecule has 5 heterocycles. The maximum absolute atomic E-state index is 5.08. The van der Waals surface area contributed by atoms with E-state index < -0.39 is 0 Å². The van der Waals surface area contributed by atoms with E-state index in [4.69, 9.17) is 20.2 Å². The minimum Gasteiger partial charge on any atom is -0.256 e. The molecule has 0 spiro atoms. The quantitative estimate of drug-likeness (QED) is 0.164. The lowest BCUT2D eigenvalue weighted by molar-refractivity contribution is 0.767. The maximum Gasteiger partial charge on any atom is 0.123 e. The minimum absolute atomic E-state index is 0.750. The van der Waals surface area contributed by atoms with Gasteiger partial charge in [-0.1, -0.05) is 91.0 Å². The average molecular weight is 706 g/mol. The second kappa shape index (κ2) is 13.7. The lowest BCUT2D eigenvalue weighted by atomic mass is 9.98. The molecule has 0 fully saturated rings. The highest BCUT2D eigenvalue weighted by Gasteiger charge is 2.17. The molecule has 10 rings (SSSR count). The summed E-state index contributed by atoms with van der Waals surface area (Å²) in [5, 5.41) is 12.4. The Morgan fingerprint density at radius 2 is 0.891 bits per heavy atom. The molecule has 258 valence electrons. The number of aromatic nitrogens is 7. The zero-order valence-corrected chi connectivity index (χ0v) is 29.5. The van der Waals surface area contributed by atoms with Crippen LogP contribution in [0.4, 0.5) is 0 Å². The Morgan fingerprint density at radius 3 is 1.53 bits per heavy atom. The third-order valence-electron chi connectivity index (χ3n) is 9.90. The molecule has 7 nitrogen and oxygen atoms in total. The summed E-state index contributed by atoms with van der Waals surface area (Å²) in [6.07, 6.45) is 7.35. The standard InChI is InChI=1S/C48H31N7/c1-2-8-37-27-41(20-19-32(37)7-1)55-53-47-31-40(45-29-38(21-25-51-45)33-11-15-35(16-12-33)43-9-3-5-23-49-43)28-42(48(47)54-55)46-30-39(22-26-52-46)34-13-17-36(18-14-34)44-10-4-6-24-50-44/h1-31H. The monoisotopic (exact) mass is 705 g/mol.